The zero-order valence-electron chi connectivity index (χ0n) is 15.2. The highest BCUT2D eigenvalue weighted by Gasteiger charge is 2.15. The van der Waals surface area contributed by atoms with Crippen LogP contribution in [0.5, 0.6) is 5.75 Å². The molecule has 2 aromatic carbocycles. The van der Waals surface area contributed by atoms with Gasteiger partial charge >= 0.3 is 5.97 Å². The van der Waals surface area contributed by atoms with E-state index in [9.17, 15) is 9.59 Å². The average molecular weight is 417 g/mol. The van der Waals surface area contributed by atoms with E-state index >= 15 is 0 Å². The second-order valence-electron chi connectivity index (χ2n) is 5.79. The number of amides is 1. The summed E-state index contributed by atoms with van der Waals surface area (Å²) in [5.74, 6) is -0.127. The fraction of sp³-hybridized carbons (Fsp3) is 0.150. The number of aromatic nitrogens is 1. The topological polar surface area (TPSA) is 77.5 Å². The number of hydrogen-bond donors (Lipinski definition) is 1. The zero-order valence-corrected chi connectivity index (χ0v) is 16.8. The summed E-state index contributed by atoms with van der Waals surface area (Å²) in [6, 6.07) is 12.2. The molecule has 0 aliphatic carbocycles. The van der Waals surface area contributed by atoms with Crippen LogP contribution < -0.4 is 10.1 Å². The molecular weight excluding hydrogens is 400 g/mol. The SMILES string of the molecule is COC(=O)c1ccc(Cl)c(NC(=O)c2csc(Cc3ccc(OC)cc3)n2)c1. The van der Waals surface area contributed by atoms with Crippen molar-refractivity contribution in [3.8, 4) is 5.75 Å². The number of nitrogens with zero attached hydrogens (tertiary/aromatic N) is 1. The lowest BCUT2D eigenvalue weighted by Gasteiger charge is -2.07. The maximum atomic E-state index is 12.5. The number of nitrogens with one attached hydrogen (secondary N) is 1. The Balaban J connectivity index is 1.71. The molecule has 3 rings (SSSR count). The van der Waals surface area contributed by atoms with Gasteiger partial charge in [0.05, 0.1) is 35.5 Å². The fourth-order valence-electron chi connectivity index (χ4n) is 2.47. The van der Waals surface area contributed by atoms with Gasteiger partial charge in [0, 0.05) is 11.8 Å². The second kappa shape index (κ2) is 8.86. The van der Waals surface area contributed by atoms with E-state index in [-0.39, 0.29) is 5.69 Å². The largest absolute Gasteiger partial charge is 0.497 e. The summed E-state index contributed by atoms with van der Waals surface area (Å²) in [5, 5.41) is 5.50. The molecule has 0 radical (unpaired) electrons. The van der Waals surface area contributed by atoms with Gasteiger partial charge in [-0.25, -0.2) is 9.78 Å². The zero-order chi connectivity index (χ0) is 20.1. The van der Waals surface area contributed by atoms with E-state index < -0.39 is 11.9 Å². The van der Waals surface area contributed by atoms with Crippen molar-refractivity contribution in [2.45, 2.75) is 6.42 Å². The molecule has 28 heavy (non-hydrogen) atoms. The van der Waals surface area contributed by atoms with Crippen LogP contribution in [0.2, 0.25) is 5.02 Å². The van der Waals surface area contributed by atoms with E-state index in [1.807, 2.05) is 24.3 Å². The number of hydrogen-bond acceptors (Lipinski definition) is 6. The van der Waals surface area contributed by atoms with Crippen LogP contribution in [0, 0.1) is 0 Å². The molecule has 3 aromatic rings. The van der Waals surface area contributed by atoms with E-state index in [0.29, 0.717) is 22.7 Å². The summed E-state index contributed by atoms with van der Waals surface area (Å²) in [7, 11) is 2.91. The van der Waals surface area contributed by atoms with Crippen molar-refractivity contribution >= 4 is 40.5 Å². The van der Waals surface area contributed by atoms with Crippen molar-refractivity contribution < 1.29 is 19.1 Å². The van der Waals surface area contributed by atoms with E-state index in [1.54, 1.807) is 12.5 Å². The molecule has 0 bridgehead atoms. The Bertz CT molecular complexity index is 1000. The molecule has 8 heteroatoms. The maximum absolute atomic E-state index is 12.5. The minimum Gasteiger partial charge on any atom is -0.497 e. The Kier molecular flexibility index (Phi) is 6.28. The van der Waals surface area contributed by atoms with Gasteiger partial charge in [0.25, 0.3) is 5.91 Å². The van der Waals surface area contributed by atoms with E-state index in [2.05, 4.69) is 15.0 Å². The van der Waals surface area contributed by atoms with Crippen LogP contribution in [0.1, 0.15) is 31.4 Å². The Morgan fingerprint density at radius 1 is 1.14 bits per heavy atom. The van der Waals surface area contributed by atoms with Gasteiger partial charge in [0.15, 0.2) is 0 Å². The van der Waals surface area contributed by atoms with Crippen molar-refractivity contribution in [3.63, 3.8) is 0 Å². The fourth-order valence-corrected chi connectivity index (χ4v) is 3.44. The predicted molar refractivity (Wildman–Crippen MR) is 109 cm³/mol. The molecule has 1 amide bonds. The minimum absolute atomic E-state index is 0.285. The van der Waals surface area contributed by atoms with Gasteiger partial charge in [-0.1, -0.05) is 23.7 Å². The number of methoxy groups -OCH3 is 2. The Morgan fingerprint density at radius 3 is 2.57 bits per heavy atom. The van der Waals surface area contributed by atoms with Crippen LogP contribution in [0.4, 0.5) is 5.69 Å². The number of ether oxygens (including phenoxy) is 2. The number of rotatable bonds is 6. The number of carbonyl (C=O) groups excluding carboxylic acids is 2. The molecule has 1 N–H and O–H groups in total. The van der Waals surface area contributed by atoms with Gasteiger partial charge in [0.2, 0.25) is 0 Å². The van der Waals surface area contributed by atoms with Gasteiger partial charge in [-0.2, -0.15) is 0 Å². The number of benzene rings is 2. The summed E-state index contributed by atoms with van der Waals surface area (Å²) in [4.78, 5) is 28.5. The molecule has 0 aliphatic heterocycles. The van der Waals surface area contributed by atoms with Gasteiger partial charge in [-0.15, -0.1) is 11.3 Å². The Labute approximate surface area is 171 Å². The van der Waals surface area contributed by atoms with Crippen LogP contribution in [0.3, 0.4) is 0 Å². The third-order valence-corrected chi connectivity index (χ3v) is 5.11. The normalized spacial score (nSPS) is 10.4. The van der Waals surface area contributed by atoms with Crippen molar-refractivity contribution in [1.29, 1.82) is 0 Å². The number of anilines is 1. The minimum atomic E-state index is -0.511. The summed E-state index contributed by atoms with van der Waals surface area (Å²) in [6.07, 6.45) is 0.612. The van der Waals surface area contributed by atoms with Crippen LogP contribution in [0.25, 0.3) is 0 Å². The van der Waals surface area contributed by atoms with E-state index in [0.717, 1.165) is 16.3 Å². The average Bonchev–Trinajstić information content (AvgIpc) is 3.18. The highest BCUT2D eigenvalue weighted by Crippen LogP contribution is 2.25. The van der Waals surface area contributed by atoms with Crippen LogP contribution in [-0.2, 0) is 11.2 Å². The van der Waals surface area contributed by atoms with Crippen molar-refractivity contribution in [2.24, 2.45) is 0 Å². The number of halogens is 1. The highest BCUT2D eigenvalue weighted by atomic mass is 35.5. The molecule has 1 aromatic heterocycles. The molecule has 0 spiro atoms. The molecule has 0 saturated heterocycles. The molecule has 1 heterocycles. The smallest absolute Gasteiger partial charge is 0.337 e. The molecular formula is C20H17ClN2O4S. The first-order valence-corrected chi connectivity index (χ1v) is 9.52. The third kappa shape index (κ3) is 4.68. The lowest BCUT2D eigenvalue weighted by atomic mass is 10.1. The number of carbonyl (C=O) groups is 2. The number of thiazole rings is 1. The first-order valence-electron chi connectivity index (χ1n) is 8.26. The summed E-state index contributed by atoms with van der Waals surface area (Å²) in [6.45, 7) is 0. The summed E-state index contributed by atoms with van der Waals surface area (Å²) in [5.41, 5.74) is 1.96. The molecule has 0 fully saturated rings. The summed E-state index contributed by atoms with van der Waals surface area (Å²) < 4.78 is 9.83. The van der Waals surface area contributed by atoms with Crippen molar-refractivity contribution in [3.05, 3.63) is 74.7 Å². The van der Waals surface area contributed by atoms with Crippen LogP contribution >= 0.6 is 22.9 Å². The van der Waals surface area contributed by atoms with Gasteiger partial charge in [-0.05, 0) is 35.9 Å². The van der Waals surface area contributed by atoms with Crippen molar-refractivity contribution in [1.82, 2.24) is 4.98 Å². The monoisotopic (exact) mass is 416 g/mol. The molecule has 0 saturated carbocycles. The molecule has 0 unspecified atom stereocenters. The molecule has 0 aliphatic rings. The van der Waals surface area contributed by atoms with Gasteiger partial charge in [0.1, 0.15) is 11.4 Å². The summed E-state index contributed by atoms with van der Waals surface area (Å²) >= 11 is 7.52. The van der Waals surface area contributed by atoms with Crippen LogP contribution in [0.15, 0.2) is 47.8 Å². The molecule has 6 nitrogen and oxygen atoms in total. The standard InChI is InChI=1S/C20H17ClN2O4S/c1-26-14-6-3-12(4-7-14)9-18-22-17(11-28-18)19(24)23-16-10-13(20(25)27-2)5-8-15(16)21/h3-8,10-11H,9H2,1-2H3,(H,23,24). The van der Waals surface area contributed by atoms with Crippen LogP contribution in [-0.4, -0.2) is 31.1 Å². The van der Waals surface area contributed by atoms with Gasteiger partial charge < -0.3 is 14.8 Å². The van der Waals surface area contributed by atoms with Gasteiger partial charge in [-0.3, -0.25) is 4.79 Å². The lowest BCUT2D eigenvalue weighted by Crippen LogP contribution is -2.13. The third-order valence-electron chi connectivity index (χ3n) is 3.93. The quantitative estimate of drug-likeness (QED) is 0.601. The Hall–Kier alpha value is -2.90. The van der Waals surface area contributed by atoms with E-state index in [4.69, 9.17) is 16.3 Å². The molecule has 144 valence electrons. The van der Waals surface area contributed by atoms with Crippen molar-refractivity contribution in [2.75, 3.05) is 19.5 Å². The lowest BCUT2D eigenvalue weighted by molar-refractivity contribution is 0.0600. The predicted octanol–water partition coefficient (Wildman–Crippen LogP) is 4.43. The second-order valence-corrected chi connectivity index (χ2v) is 7.14. The number of esters is 1. The maximum Gasteiger partial charge on any atom is 0.337 e. The highest BCUT2D eigenvalue weighted by molar-refractivity contribution is 7.09. The first-order chi connectivity index (χ1) is 13.5. The molecule has 0 atom stereocenters. The van der Waals surface area contributed by atoms with E-state index in [1.165, 1.54) is 36.6 Å². The first kappa shape index (κ1) is 19.9. The Morgan fingerprint density at radius 2 is 1.89 bits per heavy atom.